The monoisotopic (exact) mass is 469 g/mol. The average molecular weight is 470 g/mol. The van der Waals surface area contributed by atoms with E-state index in [0.717, 1.165) is 17.4 Å². The maximum absolute atomic E-state index is 14.2. The number of rotatable bonds is 8. The third kappa shape index (κ3) is 5.75. The molecular formula is C16H18Cl2FN3O2S3. The molecule has 5 N–H and O–H groups in total. The van der Waals surface area contributed by atoms with Gasteiger partial charge in [0.2, 0.25) is 0 Å². The third-order valence-electron chi connectivity index (χ3n) is 3.69. The number of hydrogen-bond acceptors (Lipinski definition) is 6. The highest BCUT2D eigenvalue weighted by Gasteiger charge is 2.25. The summed E-state index contributed by atoms with van der Waals surface area (Å²) in [6.07, 6.45) is 0.525. The van der Waals surface area contributed by atoms with Crippen LogP contribution in [0.4, 0.5) is 10.1 Å². The number of thiophene rings is 1. The Morgan fingerprint density at radius 2 is 2.07 bits per heavy atom. The Morgan fingerprint density at radius 3 is 2.63 bits per heavy atom. The zero-order valence-electron chi connectivity index (χ0n) is 14.3. The van der Waals surface area contributed by atoms with Gasteiger partial charge in [-0.1, -0.05) is 35.8 Å². The Bertz CT molecular complexity index is 962. The lowest BCUT2D eigenvalue weighted by molar-refractivity contribution is 0.480. The van der Waals surface area contributed by atoms with Gasteiger partial charge in [-0.3, -0.25) is 4.72 Å². The lowest BCUT2D eigenvalue weighted by atomic mass is 9.90. The molecule has 0 aliphatic rings. The maximum atomic E-state index is 14.2. The summed E-state index contributed by atoms with van der Waals surface area (Å²) in [6.45, 7) is 5.38. The summed E-state index contributed by atoms with van der Waals surface area (Å²) >= 11 is 14.0. The molecule has 0 saturated carbocycles. The van der Waals surface area contributed by atoms with Gasteiger partial charge in [0.15, 0.2) is 0 Å². The largest absolute Gasteiger partial charge is 0.394 e. The molecule has 2 rings (SSSR count). The van der Waals surface area contributed by atoms with Crippen molar-refractivity contribution in [2.24, 2.45) is 11.5 Å². The summed E-state index contributed by atoms with van der Waals surface area (Å²) in [5, 5.41) is 0.477. The van der Waals surface area contributed by atoms with E-state index < -0.39 is 21.4 Å². The van der Waals surface area contributed by atoms with E-state index in [0.29, 0.717) is 22.8 Å². The Balaban J connectivity index is 2.29. The van der Waals surface area contributed by atoms with E-state index >= 15 is 0 Å². The Morgan fingerprint density at radius 1 is 1.41 bits per heavy atom. The zero-order chi connectivity index (χ0) is 20.4. The van der Waals surface area contributed by atoms with E-state index in [1.165, 1.54) is 30.0 Å². The minimum Gasteiger partial charge on any atom is -0.394 e. The van der Waals surface area contributed by atoms with E-state index in [2.05, 4.69) is 11.3 Å². The van der Waals surface area contributed by atoms with Crippen LogP contribution in [0, 0.1) is 5.82 Å². The van der Waals surface area contributed by atoms with Crippen LogP contribution in [0.3, 0.4) is 0 Å². The molecule has 148 valence electrons. The smallest absolute Gasteiger partial charge is 0.264 e. The molecule has 0 spiro atoms. The lowest BCUT2D eigenvalue weighted by Crippen LogP contribution is -2.34. The summed E-state index contributed by atoms with van der Waals surface area (Å²) in [4.78, 5) is -0.211. The van der Waals surface area contributed by atoms with Gasteiger partial charge in [0.1, 0.15) is 15.0 Å². The number of hydrogen-bond donors (Lipinski definition) is 3. The first kappa shape index (κ1) is 22.3. The molecule has 5 nitrogen and oxygen atoms in total. The molecule has 11 heteroatoms. The molecule has 1 atom stereocenters. The molecule has 0 amide bonds. The van der Waals surface area contributed by atoms with Crippen molar-refractivity contribution in [3.8, 4) is 0 Å². The van der Waals surface area contributed by atoms with Crippen molar-refractivity contribution in [2.45, 2.75) is 23.8 Å². The zero-order valence-corrected chi connectivity index (χ0v) is 18.2. The van der Waals surface area contributed by atoms with Crippen LogP contribution in [-0.4, -0.2) is 14.2 Å². The highest BCUT2D eigenvalue weighted by Crippen LogP contribution is 2.36. The van der Waals surface area contributed by atoms with Gasteiger partial charge in [-0.15, -0.1) is 23.1 Å². The van der Waals surface area contributed by atoms with Crippen LogP contribution in [0.25, 0.3) is 0 Å². The number of sulfonamides is 1. The van der Waals surface area contributed by atoms with Gasteiger partial charge in [0.05, 0.1) is 15.1 Å². The highest BCUT2D eigenvalue weighted by molar-refractivity contribution is 8.02. The number of thioether (sulfide) groups is 1. The molecule has 0 aliphatic carbocycles. The van der Waals surface area contributed by atoms with Crippen LogP contribution in [0.2, 0.25) is 8.67 Å². The van der Waals surface area contributed by atoms with Gasteiger partial charge in [-0.05, 0) is 37.1 Å². The maximum Gasteiger partial charge on any atom is 0.264 e. The van der Waals surface area contributed by atoms with E-state index in [-0.39, 0.29) is 19.3 Å². The van der Waals surface area contributed by atoms with Crippen molar-refractivity contribution in [2.75, 3.05) is 10.5 Å². The minimum atomic E-state index is -4.11. The molecule has 0 fully saturated rings. The molecule has 0 radical (unpaired) electrons. The summed E-state index contributed by atoms with van der Waals surface area (Å²) in [5.41, 5.74) is 11.4. The summed E-state index contributed by atoms with van der Waals surface area (Å²) in [6, 6.07) is 5.26. The first-order valence-corrected chi connectivity index (χ1v) is 11.6. The number of nitrogens with one attached hydrogen (secondary N) is 1. The van der Waals surface area contributed by atoms with E-state index in [9.17, 15) is 12.8 Å². The molecular weight excluding hydrogens is 452 g/mol. The van der Waals surface area contributed by atoms with Gasteiger partial charge < -0.3 is 11.5 Å². The first-order chi connectivity index (χ1) is 12.4. The fourth-order valence-electron chi connectivity index (χ4n) is 2.21. The van der Waals surface area contributed by atoms with Crippen molar-refractivity contribution in [1.29, 1.82) is 0 Å². The van der Waals surface area contributed by atoms with Crippen molar-refractivity contribution < 1.29 is 12.8 Å². The fourth-order valence-corrected chi connectivity index (χ4v) is 6.20. The van der Waals surface area contributed by atoms with E-state index in [1.807, 2.05) is 0 Å². The molecule has 0 aliphatic heterocycles. The van der Waals surface area contributed by atoms with Crippen LogP contribution in [0.1, 0.15) is 18.9 Å². The molecule has 1 unspecified atom stereocenters. The van der Waals surface area contributed by atoms with Crippen LogP contribution in [0.5, 0.6) is 0 Å². The van der Waals surface area contributed by atoms with Gasteiger partial charge in [0.25, 0.3) is 10.0 Å². The normalized spacial score (nSPS) is 14.0. The SMILES string of the molecule is C=C(N)SCCC(C)(N)c1ccc(F)c(NS(=O)(=O)c2cc(Cl)sc2Cl)c1. The molecule has 2 aromatic rings. The molecule has 1 aromatic carbocycles. The predicted octanol–water partition coefficient (Wildman–Crippen LogP) is 4.72. The summed E-state index contributed by atoms with van der Waals surface area (Å²) < 4.78 is 41.7. The van der Waals surface area contributed by atoms with E-state index in [1.54, 1.807) is 6.92 Å². The van der Waals surface area contributed by atoms with Gasteiger partial charge in [-0.25, -0.2) is 12.8 Å². The average Bonchev–Trinajstić information content (AvgIpc) is 2.88. The number of anilines is 1. The van der Waals surface area contributed by atoms with Gasteiger partial charge >= 0.3 is 0 Å². The summed E-state index contributed by atoms with van der Waals surface area (Å²) in [7, 11) is -4.11. The standard InChI is InChI=1S/C16H18Cl2FN3O2S3/c1-9(20)25-6-5-16(2,21)10-3-4-11(19)12(7-10)22-27(23,24)13-8-14(17)26-15(13)18/h3-4,7-8,22H,1,5-6,20-21H2,2H3. The lowest BCUT2D eigenvalue weighted by Gasteiger charge is -2.26. The fraction of sp³-hybridized carbons (Fsp3) is 0.250. The van der Waals surface area contributed by atoms with Crippen molar-refractivity contribution in [1.82, 2.24) is 0 Å². The third-order valence-corrected chi connectivity index (χ3v) is 7.59. The Kier molecular flexibility index (Phi) is 7.10. The second-order valence-electron chi connectivity index (χ2n) is 5.97. The molecule has 27 heavy (non-hydrogen) atoms. The van der Waals surface area contributed by atoms with Gasteiger partial charge in [-0.2, -0.15) is 0 Å². The van der Waals surface area contributed by atoms with Crippen LogP contribution in [-0.2, 0) is 15.6 Å². The number of benzene rings is 1. The van der Waals surface area contributed by atoms with Crippen molar-refractivity contribution >= 4 is 62.0 Å². The van der Waals surface area contributed by atoms with Gasteiger partial charge in [0, 0.05) is 11.3 Å². The highest BCUT2D eigenvalue weighted by atomic mass is 35.5. The quantitative estimate of drug-likeness (QED) is 0.519. The second-order valence-corrected chi connectivity index (χ2v) is 11.1. The molecule has 0 bridgehead atoms. The van der Waals surface area contributed by atoms with Crippen LogP contribution < -0.4 is 16.2 Å². The van der Waals surface area contributed by atoms with Crippen LogP contribution >= 0.6 is 46.3 Å². The van der Waals surface area contributed by atoms with Crippen molar-refractivity contribution in [3.05, 3.63) is 55.9 Å². The summed E-state index contributed by atoms with van der Waals surface area (Å²) in [5.74, 6) is -0.121. The minimum absolute atomic E-state index is 0.00763. The van der Waals surface area contributed by atoms with Crippen molar-refractivity contribution in [3.63, 3.8) is 0 Å². The molecule has 0 saturated heterocycles. The predicted molar refractivity (Wildman–Crippen MR) is 113 cm³/mol. The Hall–Kier alpha value is -0.970. The van der Waals surface area contributed by atoms with Crippen LogP contribution in [0.15, 0.2) is 40.8 Å². The second kappa shape index (κ2) is 8.59. The molecule has 1 heterocycles. The Labute approximate surface area is 176 Å². The first-order valence-electron chi connectivity index (χ1n) is 7.56. The molecule has 1 aromatic heterocycles. The number of halogens is 3. The number of nitrogens with two attached hydrogens (primary N) is 2. The topological polar surface area (TPSA) is 98.2 Å². The van der Waals surface area contributed by atoms with E-state index in [4.69, 9.17) is 34.7 Å².